The third-order valence-electron chi connectivity index (χ3n) is 1.91. The number of carbonyl (C=O) groups excluding carboxylic acids is 1. The molecule has 0 aliphatic rings. The van der Waals surface area contributed by atoms with Gasteiger partial charge in [0.15, 0.2) is 0 Å². The molecule has 0 saturated carbocycles. The summed E-state index contributed by atoms with van der Waals surface area (Å²) in [5.74, 6) is -0.842. The second-order valence-corrected chi connectivity index (χ2v) is 3.29. The minimum absolute atomic E-state index is 0.0635. The van der Waals surface area contributed by atoms with Crippen molar-refractivity contribution in [1.29, 1.82) is 5.26 Å². The highest BCUT2D eigenvalue weighted by Gasteiger charge is 2.27. The minimum atomic E-state index is -0.842. The fraction of sp³-hybridized carbons (Fsp3) is 0.200. The third kappa shape index (κ3) is 2.52. The maximum atomic E-state index is 11.5. The van der Waals surface area contributed by atoms with Gasteiger partial charge in [0.1, 0.15) is 16.7 Å². The van der Waals surface area contributed by atoms with Crippen molar-refractivity contribution in [2.75, 3.05) is 6.61 Å². The molecule has 0 spiro atoms. The zero-order valence-corrected chi connectivity index (χ0v) is 9.52. The molecule has 7 heteroatoms. The van der Waals surface area contributed by atoms with Crippen LogP contribution in [-0.2, 0) is 4.74 Å². The van der Waals surface area contributed by atoms with Gasteiger partial charge in [-0.15, -0.1) is 0 Å². The second-order valence-electron chi connectivity index (χ2n) is 2.91. The molecule has 0 aromatic heterocycles. The zero-order valence-electron chi connectivity index (χ0n) is 8.77. The lowest BCUT2D eigenvalue weighted by Crippen LogP contribution is -2.08. The smallest absolute Gasteiger partial charge is 0.345 e. The van der Waals surface area contributed by atoms with Gasteiger partial charge in [0.25, 0.3) is 0 Å². The van der Waals surface area contributed by atoms with Crippen LogP contribution in [0.2, 0.25) is 5.02 Å². The van der Waals surface area contributed by atoms with E-state index >= 15 is 0 Å². The van der Waals surface area contributed by atoms with Crippen molar-refractivity contribution in [2.45, 2.75) is 6.92 Å². The number of hydrogen-bond acceptors (Lipinski definition) is 5. The molecule has 0 aliphatic heterocycles. The van der Waals surface area contributed by atoms with Gasteiger partial charge >= 0.3 is 11.7 Å². The number of ether oxygens (including phenoxy) is 1. The van der Waals surface area contributed by atoms with Gasteiger partial charge in [0.2, 0.25) is 0 Å². The summed E-state index contributed by atoms with van der Waals surface area (Å²) in [7, 11) is 0. The first-order valence-electron chi connectivity index (χ1n) is 4.57. The van der Waals surface area contributed by atoms with E-state index in [1.165, 1.54) is 6.07 Å². The molecular formula is C10H7ClN2O4. The summed E-state index contributed by atoms with van der Waals surface area (Å²) in [6.07, 6.45) is 0. The second kappa shape index (κ2) is 5.27. The highest BCUT2D eigenvalue weighted by Crippen LogP contribution is 2.31. The lowest BCUT2D eigenvalue weighted by Gasteiger charge is -2.04. The number of nitro groups is 1. The van der Waals surface area contributed by atoms with Gasteiger partial charge in [-0.1, -0.05) is 11.6 Å². The molecule has 0 atom stereocenters. The molecule has 0 saturated heterocycles. The van der Waals surface area contributed by atoms with Crippen LogP contribution in [0.3, 0.4) is 0 Å². The molecule has 0 bridgehead atoms. The predicted molar refractivity (Wildman–Crippen MR) is 58.8 cm³/mol. The van der Waals surface area contributed by atoms with E-state index in [2.05, 4.69) is 4.74 Å². The molecule has 88 valence electrons. The summed E-state index contributed by atoms with van der Waals surface area (Å²) in [5.41, 5.74) is -0.934. The van der Waals surface area contributed by atoms with Crippen molar-refractivity contribution < 1.29 is 14.5 Å². The Kier molecular flexibility index (Phi) is 4.01. The quantitative estimate of drug-likeness (QED) is 0.469. The Morgan fingerprint density at radius 3 is 2.76 bits per heavy atom. The van der Waals surface area contributed by atoms with Gasteiger partial charge in [-0.05, 0) is 19.1 Å². The van der Waals surface area contributed by atoms with Crippen molar-refractivity contribution >= 4 is 23.3 Å². The molecule has 0 heterocycles. The number of hydrogen-bond donors (Lipinski definition) is 0. The highest BCUT2D eigenvalue weighted by molar-refractivity contribution is 6.34. The summed E-state index contributed by atoms with van der Waals surface area (Å²) in [6.45, 7) is 1.67. The van der Waals surface area contributed by atoms with E-state index in [0.29, 0.717) is 0 Å². The molecule has 0 aliphatic carbocycles. The van der Waals surface area contributed by atoms with Gasteiger partial charge in [-0.3, -0.25) is 10.1 Å². The number of carbonyl (C=O) groups is 1. The Balaban J connectivity index is 3.43. The van der Waals surface area contributed by atoms with E-state index < -0.39 is 16.6 Å². The maximum absolute atomic E-state index is 11.5. The first kappa shape index (κ1) is 12.9. The number of nitriles is 1. The van der Waals surface area contributed by atoms with Crippen LogP contribution in [0.5, 0.6) is 0 Å². The zero-order chi connectivity index (χ0) is 13.0. The van der Waals surface area contributed by atoms with Gasteiger partial charge in [-0.25, -0.2) is 4.79 Å². The molecule has 17 heavy (non-hydrogen) atoms. The average molecular weight is 255 g/mol. The van der Waals surface area contributed by atoms with Crippen LogP contribution < -0.4 is 0 Å². The Labute approximate surface area is 102 Å². The number of nitro benzene ring substituents is 1. The number of nitrogens with zero attached hydrogens (tertiary/aromatic N) is 2. The number of halogens is 1. The largest absolute Gasteiger partial charge is 0.462 e. The summed E-state index contributed by atoms with van der Waals surface area (Å²) in [4.78, 5) is 21.5. The topological polar surface area (TPSA) is 93.2 Å². The molecule has 0 radical (unpaired) electrons. The molecule has 1 rings (SSSR count). The van der Waals surface area contributed by atoms with Crippen LogP contribution >= 0.6 is 11.6 Å². The highest BCUT2D eigenvalue weighted by atomic mass is 35.5. The monoisotopic (exact) mass is 254 g/mol. The fourth-order valence-corrected chi connectivity index (χ4v) is 1.48. The van der Waals surface area contributed by atoms with E-state index in [9.17, 15) is 14.9 Å². The van der Waals surface area contributed by atoms with Crippen LogP contribution in [0.1, 0.15) is 22.8 Å². The number of rotatable bonds is 3. The van der Waals surface area contributed by atoms with Crippen LogP contribution in [0, 0.1) is 21.4 Å². The average Bonchev–Trinajstić information content (AvgIpc) is 2.28. The SMILES string of the molecule is CCOC(=O)c1ccc(C#N)c(Cl)c1[N+](=O)[O-]. The molecule has 0 N–H and O–H groups in total. The van der Waals surface area contributed by atoms with Gasteiger partial charge in [-0.2, -0.15) is 5.26 Å². The molecule has 0 fully saturated rings. The van der Waals surface area contributed by atoms with E-state index in [-0.39, 0.29) is 22.8 Å². The van der Waals surface area contributed by atoms with E-state index in [4.69, 9.17) is 16.9 Å². The normalized spacial score (nSPS) is 9.47. The van der Waals surface area contributed by atoms with Crippen LogP contribution in [0.25, 0.3) is 0 Å². The number of benzene rings is 1. The van der Waals surface area contributed by atoms with Crippen molar-refractivity contribution in [3.8, 4) is 6.07 Å². The minimum Gasteiger partial charge on any atom is -0.462 e. The van der Waals surface area contributed by atoms with E-state index in [1.54, 1.807) is 13.0 Å². The summed E-state index contributed by atoms with van der Waals surface area (Å²) < 4.78 is 4.66. The molecule has 0 amide bonds. The van der Waals surface area contributed by atoms with Crippen LogP contribution in [-0.4, -0.2) is 17.5 Å². The Morgan fingerprint density at radius 2 is 2.29 bits per heavy atom. The van der Waals surface area contributed by atoms with Crippen LogP contribution in [0.4, 0.5) is 5.69 Å². The first-order chi connectivity index (χ1) is 8.02. The third-order valence-corrected chi connectivity index (χ3v) is 2.30. The molecule has 1 aromatic carbocycles. The summed E-state index contributed by atoms with van der Waals surface area (Å²) >= 11 is 5.68. The van der Waals surface area contributed by atoms with Crippen molar-refractivity contribution in [2.24, 2.45) is 0 Å². The predicted octanol–water partition coefficient (Wildman–Crippen LogP) is 2.30. The summed E-state index contributed by atoms with van der Waals surface area (Å²) in [5, 5.41) is 19.1. The summed E-state index contributed by atoms with van der Waals surface area (Å²) in [6, 6.07) is 4.09. The molecule has 0 unspecified atom stereocenters. The molecule has 1 aromatic rings. The Morgan fingerprint density at radius 1 is 1.65 bits per heavy atom. The Hall–Kier alpha value is -2.13. The van der Waals surface area contributed by atoms with Gasteiger partial charge < -0.3 is 4.74 Å². The molecular weight excluding hydrogens is 248 g/mol. The standard InChI is InChI=1S/C10H7ClN2O4/c1-2-17-10(14)7-4-3-6(5-12)8(11)9(7)13(15)16/h3-4H,2H2,1H3. The van der Waals surface area contributed by atoms with E-state index in [0.717, 1.165) is 6.07 Å². The Bertz CT molecular complexity index is 522. The van der Waals surface area contributed by atoms with Crippen molar-refractivity contribution in [1.82, 2.24) is 0 Å². The fourth-order valence-electron chi connectivity index (χ4n) is 1.20. The van der Waals surface area contributed by atoms with Gasteiger partial charge in [0, 0.05) is 0 Å². The maximum Gasteiger partial charge on any atom is 0.345 e. The lowest BCUT2D eigenvalue weighted by molar-refractivity contribution is -0.385. The number of esters is 1. The van der Waals surface area contributed by atoms with Crippen molar-refractivity contribution in [3.63, 3.8) is 0 Å². The lowest BCUT2D eigenvalue weighted by atomic mass is 10.1. The van der Waals surface area contributed by atoms with Crippen molar-refractivity contribution in [3.05, 3.63) is 38.4 Å². The van der Waals surface area contributed by atoms with Crippen LogP contribution in [0.15, 0.2) is 12.1 Å². The van der Waals surface area contributed by atoms with E-state index in [1.807, 2.05) is 0 Å². The first-order valence-corrected chi connectivity index (χ1v) is 4.94. The molecule has 6 nitrogen and oxygen atoms in total. The van der Waals surface area contributed by atoms with Gasteiger partial charge in [0.05, 0.1) is 17.1 Å².